The summed E-state index contributed by atoms with van der Waals surface area (Å²) in [6.45, 7) is 6.77. The van der Waals surface area contributed by atoms with E-state index in [9.17, 15) is 0 Å². The Kier molecular flexibility index (Phi) is 2.97. The van der Waals surface area contributed by atoms with Gasteiger partial charge in [-0.05, 0) is 43.9 Å². The van der Waals surface area contributed by atoms with Crippen molar-refractivity contribution in [3.63, 3.8) is 0 Å². The first-order valence-electron chi connectivity index (χ1n) is 7.11. The van der Waals surface area contributed by atoms with Crippen molar-refractivity contribution in [1.29, 1.82) is 0 Å². The van der Waals surface area contributed by atoms with E-state index < -0.39 is 0 Å². The molecule has 2 bridgehead atoms. The van der Waals surface area contributed by atoms with Crippen molar-refractivity contribution in [3.8, 4) is 0 Å². The zero-order valence-corrected chi connectivity index (χ0v) is 10.7. The van der Waals surface area contributed by atoms with Crippen LogP contribution in [0.25, 0.3) is 0 Å². The number of morpholine rings is 1. The van der Waals surface area contributed by atoms with Gasteiger partial charge < -0.3 is 4.74 Å². The Balaban J connectivity index is 1.54. The smallest absolute Gasteiger partial charge is 0.0623 e. The molecule has 92 valence electrons. The number of fused-ring (bicyclic) bond motifs is 2. The maximum Gasteiger partial charge on any atom is 0.0623 e. The number of nitrogens with zero attached hydrogens (tertiary/aromatic N) is 1. The van der Waals surface area contributed by atoms with Gasteiger partial charge in [0.1, 0.15) is 0 Å². The molecule has 2 saturated heterocycles. The second kappa shape index (κ2) is 4.30. The van der Waals surface area contributed by atoms with Gasteiger partial charge in [-0.1, -0.05) is 13.8 Å². The van der Waals surface area contributed by atoms with E-state index in [1.807, 2.05) is 0 Å². The molecule has 2 atom stereocenters. The molecule has 0 aromatic heterocycles. The molecule has 2 unspecified atom stereocenters. The van der Waals surface area contributed by atoms with Crippen molar-refractivity contribution in [3.05, 3.63) is 0 Å². The van der Waals surface area contributed by atoms with Gasteiger partial charge in [-0.3, -0.25) is 4.90 Å². The lowest BCUT2D eigenvalue weighted by molar-refractivity contribution is -0.153. The third kappa shape index (κ3) is 1.80. The van der Waals surface area contributed by atoms with Crippen molar-refractivity contribution >= 4 is 0 Å². The minimum atomic E-state index is 0.777. The molecule has 16 heavy (non-hydrogen) atoms. The Morgan fingerprint density at radius 3 is 2.06 bits per heavy atom. The van der Waals surface area contributed by atoms with E-state index >= 15 is 0 Å². The summed E-state index contributed by atoms with van der Waals surface area (Å²) in [5, 5.41) is 0. The lowest BCUT2D eigenvalue weighted by Crippen LogP contribution is -2.67. The monoisotopic (exact) mass is 223 g/mol. The number of rotatable bonds is 2. The van der Waals surface area contributed by atoms with Crippen LogP contribution >= 0.6 is 0 Å². The number of hydrogen-bond acceptors (Lipinski definition) is 2. The van der Waals surface area contributed by atoms with Crippen LogP contribution in [0.15, 0.2) is 0 Å². The van der Waals surface area contributed by atoms with Gasteiger partial charge in [0.25, 0.3) is 0 Å². The zero-order valence-electron chi connectivity index (χ0n) is 10.7. The molecule has 0 aromatic rings. The van der Waals surface area contributed by atoms with Crippen LogP contribution in [-0.2, 0) is 4.74 Å². The van der Waals surface area contributed by atoms with E-state index in [-0.39, 0.29) is 0 Å². The van der Waals surface area contributed by atoms with Gasteiger partial charge in [0.2, 0.25) is 0 Å². The molecule has 2 heteroatoms. The molecule has 3 fully saturated rings. The minimum Gasteiger partial charge on any atom is -0.378 e. The molecule has 1 saturated carbocycles. The lowest BCUT2D eigenvalue weighted by atomic mass is 9.76. The van der Waals surface area contributed by atoms with Crippen molar-refractivity contribution in [2.45, 2.75) is 64.1 Å². The van der Waals surface area contributed by atoms with E-state index in [0.717, 1.165) is 43.2 Å². The molecule has 0 radical (unpaired) electrons. The number of ether oxygens (including phenoxy) is 1. The summed E-state index contributed by atoms with van der Waals surface area (Å²) in [7, 11) is 0. The molecule has 3 aliphatic rings. The summed E-state index contributed by atoms with van der Waals surface area (Å²) < 4.78 is 5.57. The maximum atomic E-state index is 5.57. The second-order valence-electron chi connectivity index (χ2n) is 6.34. The highest BCUT2D eigenvalue weighted by Gasteiger charge is 2.46. The van der Waals surface area contributed by atoms with Crippen LogP contribution < -0.4 is 0 Å². The van der Waals surface area contributed by atoms with Crippen molar-refractivity contribution in [2.24, 2.45) is 11.8 Å². The van der Waals surface area contributed by atoms with Crippen LogP contribution in [0.3, 0.4) is 0 Å². The molecule has 2 heterocycles. The predicted molar refractivity (Wildman–Crippen MR) is 65.4 cm³/mol. The SMILES string of the molecule is CC(C)C1CCC(N2C3COCC2C3)CC1. The third-order valence-corrected chi connectivity index (χ3v) is 5.11. The predicted octanol–water partition coefficient (Wildman–Crippen LogP) is 2.67. The fourth-order valence-corrected chi connectivity index (χ4v) is 4.03. The fourth-order valence-electron chi connectivity index (χ4n) is 4.03. The van der Waals surface area contributed by atoms with Gasteiger partial charge in [-0.15, -0.1) is 0 Å². The van der Waals surface area contributed by atoms with E-state index in [2.05, 4.69) is 18.7 Å². The normalized spacial score (nSPS) is 44.4. The molecule has 0 amide bonds. The van der Waals surface area contributed by atoms with Crippen molar-refractivity contribution in [2.75, 3.05) is 13.2 Å². The van der Waals surface area contributed by atoms with Crippen molar-refractivity contribution in [1.82, 2.24) is 4.90 Å². The average molecular weight is 223 g/mol. The zero-order chi connectivity index (χ0) is 11.1. The molecule has 0 aromatic carbocycles. The second-order valence-corrected chi connectivity index (χ2v) is 6.34. The highest BCUT2D eigenvalue weighted by atomic mass is 16.5. The Bertz CT molecular complexity index is 231. The summed E-state index contributed by atoms with van der Waals surface area (Å²) in [6, 6.07) is 2.45. The summed E-state index contributed by atoms with van der Waals surface area (Å²) in [4.78, 5) is 2.79. The molecule has 0 N–H and O–H groups in total. The first-order chi connectivity index (χ1) is 7.75. The van der Waals surface area contributed by atoms with Crippen LogP contribution in [0.4, 0.5) is 0 Å². The van der Waals surface area contributed by atoms with Crippen LogP contribution in [0.2, 0.25) is 0 Å². The van der Waals surface area contributed by atoms with Crippen LogP contribution in [0, 0.1) is 11.8 Å². The van der Waals surface area contributed by atoms with E-state index in [1.165, 1.54) is 32.1 Å². The molecule has 2 aliphatic heterocycles. The summed E-state index contributed by atoms with van der Waals surface area (Å²) in [5.74, 6) is 1.88. The van der Waals surface area contributed by atoms with Crippen LogP contribution in [-0.4, -0.2) is 36.2 Å². The van der Waals surface area contributed by atoms with E-state index in [4.69, 9.17) is 4.74 Å². The summed E-state index contributed by atoms with van der Waals surface area (Å²) in [6.07, 6.45) is 7.20. The number of hydrogen-bond donors (Lipinski definition) is 0. The molecule has 2 nitrogen and oxygen atoms in total. The average Bonchev–Trinajstić information content (AvgIpc) is 2.30. The van der Waals surface area contributed by atoms with Crippen molar-refractivity contribution < 1.29 is 4.74 Å². The van der Waals surface area contributed by atoms with Gasteiger partial charge in [0.05, 0.1) is 13.2 Å². The minimum absolute atomic E-state index is 0.777. The Hall–Kier alpha value is -0.0800. The van der Waals surface area contributed by atoms with Gasteiger partial charge in [-0.2, -0.15) is 0 Å². The molecular weight excluding hydrogens is 198 g/mol. The van der Waals surface area contributed by atoms with Gasteiger partial charge in [-0.25, -0.2) is 0 Å². The summed E-state index contributed by atoms with van der Waals surface area (Å²) >= 11 is 0. The third-order valence-electron chi connectivity index (χ3n) is 5.11. The Morgan fingerprint density at radius 2 is 1.56 bits per heavy atom. The summed E-state index contributed by atoms with van der Waals surface area (Å²) in [5.41, 5.74) is 0. The van der Waals surface area contributed by atoms with E-state index in [0.29, 0.717) is 0 Å². The molecule has 0 spiro atoms. The lowest BCUT2D eigenvalue weighted by Gasteiger charge is -2.57. The quantitative estimate of drug-likeness (QED) is 0.713. The topological polar surface area (TPSA) is 12.5 Å². The highest BCUT2D eigenvalue weighted by molar-refractivity contribution is 5.00. The van der Waals surface area contributed by atoms with Gasteiger partial charge in [0.15, 0.2) is 0 Å². The van der Waals surface area contributed by atoms with E-state index in [1.54, 1.807) is 0 Å². The van der Waals surface area contributed by atoms with Crippen LogP contribution in [0.5, 0.6) is 0 Å². The molecule has 3 rings (SSSR count). The standard InChI is InChI=1S/C14H25NO/c1-10(2)11-3-5-12(6-4-11)15-13-7-14(15)9-16-8-13/h10-14H,3-9H2,1-2H3. The van der Waals surface area contributed by atoms with Gasteiger partial charge in [0, 0.05) is 18.1 Å². The largest absolute Gasteiger partial charge is 0.378 e. The Labute approximate surface area is 99.3 Å². The first kappa shape index (κ1) is 11.0. The van der Waals surface area contributed by atoms with Crippen LogP contribution in [0.1, 0.15) is 46.0 Å². The highest BCUT2D eigenvalue weighted by Crippen LogP contribution is 2.40. The Morgan fingerprint density at radius 1 is 0.938 bits per heavy atom. The maximum absolute atomic E-state index is 5.57. The molecule has 1 aliphatic carbocycles. The first-order valence-corrected chi connectivity index (χ1v) is 7.11. The fraction of sp³-hybridized carbons (Fsp3) is 1.00. The van der Waals surface area contributed by atoms with Gasteiger partial charge >= 0.3 is 0 Å². The molecular formula is C14H25NO.